The summed E-state index contributed by atoms with van der Waals surface area (Å²) in [6.07, 6.45) is 0.644. The second-order valence-corrected chi connectivity index (χ2v) is 7.90. The molecular weight excluding hydrogens is 355 g/mol. The second-order valence-electron chi connectivity index (χ2n) is 5.43. The molecule has 0 aliphatic carbocycles. The molecule has 2 aliphatic rings. The topological polar surface area (TPSA) is 164 Å². The second kappa shape index (κ2) is 6.47. The Morgan fingerprint density at radius 2 is 1.96 bits per heavy atom. The number of hydrogen-bond donors (Lipinski definition) is 1. The van der Waals surface area contributed by atoms with Gasteiger partial charge < -0.3 is 25.3 Å². The first kappa shape index (κ1) is 20.6. The summed E-state index contributed by atoms with van der Waals surface area (Å²) in [6.45, 7) is 1.30. The molecule has 126 valence electrons. The smallest absolute Gasteiger partial charge is 0.548 e. The number of nitrogens with two attached hydrogens (primary N) is 1. The summed E-state index contributed by atoms with van der Waals surface area (Å²) < 4.78 is 27.9. The van der Waals surface area contributed by atoms with Gasteiger partial charge in [-0.1, -0.05) is 0 Å². The van der Waals surface area contributed by atoms with Crippen LogP contribution < -0.4 is 40.4 Å². The summed E-state index contributed by atoms with van der Waals surface area (Å²) in [7, 11) is -4.31. The Balaban J connectivity index is 0.00000288. The van der Waals surface area contributed by atoms with Crippen LogP contribution in [-0.4, -0.2) is 59.8 Å². The number of esters is 1. The van der Waals surface area contributed by atoms with Crippen molar-refractivity contribution in [1.29, 1.82) is 0 Å². The molecule has 2 aliphatic heterocycles. The fourth-order valence-electron chi connectivity index (χ4n) is 2.77. The molecule has 2 rings (SSSR count). The molecule has 12 heteroatoms. The molecule has 2 fully saturated rings. The molecule has 3 atom stereocenters. The van der Waals surface area contributed by atoms with Crippen molar-refractivity contribution >= 4 is 33.6 Å². The third-order valence-corrected chi connectivity index (χ3v) is 6.59. The van der Waals surface area contributed by atoms with E-state index in [1.54, 1.807) is 0 Å². The van der Waals surface area contributed by atoms with E-state index in [4.69, 9.17) is 5.73 Å². The maximum absolute atomic E-state index is 12.7. The predicted octanol–water partition coefficient (Wildman–Crippen LogP) is -6.56. The number of sulfone groups is 1. The molecule has 2 N–H and O–H groups in total. The van der Waals surface area contributed by atoms with Crippen LogP contribution in [0.5, 0.6) is 0 Å². The molecule has 0 saturated carbocycles. The SMILES string of the molecule is CC(=O)OC[C@@]1(C)[C@H](C(=O)[O-])N2C(=O)/C(=C/C(N)=O)C2S1(=O)=O.[Na+]. The fourth-order valence-corrected chi connectivity index (χ4v) is 5.05. The van der Waals surface area contributed by atoms with Crippen LogP contribution >= 0.6 is 0 Å². The molecule has 10 nitrogen and oxygen atoms in total. The van der Waals surface area contributed by atoms with Crippen molar-refractivity contribution in [2.45, 2.75) is 30.0 Å². The van der Waals surface area contributed by atoms with Gasteiger partial charge in [-0.25, -0.2) is 8.42 Å². The minimum atomic E-state index is -4.31. The zero-order chi connectivity index (χ0) is 17.7. The van der Waals surface area contributed by atoms with Gasteiger partial charge in [0, 0.05) is 13.0 Å². The number of fused-ring (bicyclic) bond motifs is 1. The number of hydrogen-bond acceptors (Lipinski definition) is 8. The van der Waals surface area contributed by atoms with Crippen molar-refractivity contribution in [3.8, 4) is 0 Å². The van der Waals surface area contributed by atoms with Gasteiger partial charge in [-0.2, -0.15) is 0 Å². The summed E-state index contributed by atoms with van der Waals surface area (Å²) >= 11 is 0. The minimum absolute atomic E-state index is 0. The molecule has 2 heterocycles. The fraction of sp³-hybridized carbons (Fsp3) is 0.500. The maximum Gasteiger partial charge on any atom is 1.00 e. The van der Waals surface area contributed by atoms with Crippen LogP contribution in [0.1, 0.15) is 13.8 Å². The van der Waals surface area contributed by atoms with Crippen LogP contribution in [0.3, 0.4) is 0 Å². The first-order valence-electron chi connectivity index (χ1n) is 6.36. The number of carbonyl (C=O) groups is 4. The van der Waals surface area contributed by atoms with E-state index in [2.05, 4.69) is 4.74 Å². The normalized spacial score (nSPS) is 31.7. The molecular formula is C12H13N2NaO8S. The van der Waals surface area contributed by atoms with E-state index in [1.165, 1.54) is 0 Å². The Hall–Kier alpha value is -1.43. The maximum atomic E-state index is 12.7. The third-order valence-electron chi connectivity index (χ3n) is 3.88. The molecule has 0 spiro atoms. The summed E-state index contributed by atoms with van der Waals surface area (Å²) in [5.41, 5.74) is 4.50. The van der Waals surface area contributed by atoms with E-state index in [1.807, 2.05) is 0 Å². The van der Waals surface area contributed by atoms with Crippen LogP contribution in [0.4, 0.5) is 0 Å². The summed E-state index contributed by atoms with van der Waals surface area (Å²) in [5.74, 6) is -4.61. The Morgan fingerprint density at radius 1 is 1.42 bits per heavy atom. The van der Waals surface area contributed by atoms with E-state index < -0.39 is 61.9 Å². The van der Waals surface area contributed by atoms with Gasteiger partial charge in [0.15, 0.2) is 15.2 Å². The van der Waals surface area contributed by atoms with Gasteiger partial charge >= 0.3 is 35.5 Å². The Labute approximate surface area is 159 Å². The molecule has 0 bridgehead atoms. The zero-order valence-corrected chi connectivity index (χ0v) is 16.0. The average molecular weight is 368 g/mol. The molecule has 1 unspecified atom stereocenters. The van der Waals surface area contributed by atoms with Crippen molar-refractivity contribution in [3.05, 3.63) is 11.6 Å². The predicted molar refractivity (Wildman–Crippen MR) is 70.7 cm³/mol. The van der Waals surface area contributed by atoms with E-state index in [0.29, 0.717) is 11.0 Å². The monoisotopic (exact) mass is 368 g/mol. The van der Waals surface area contributed by atoms with Gasteiger partial charge in [0.1, 0.15) is 11.4 Å². The number of primary amides is 1. The van der Waals surface area contributed by atoms with Crippen LogP contribution in [0.25, 0.3) is 0 Å². The Morgan fingerprint density at radius 3 is 2.38 bits per heavy atom. The van der Waals surface area contributed by atoms with Gasteiger partial charge in [-0.05, 0) is 6.92 Å². The van der Waals surface area contributed by atoms with Crippen molar-refractivity contribution in [2.24, 2.45) is 5.73 Å². The Bertz CT molecular complexity index is 761. The van der Waals surface area contributed by atoms with Gasteiger partial charge in [0.05, 0.1) is 17.6 Å². The van der Waals surface area contributed by atoms with E-state index in [9.17, 15) is 32.7 Å². The number of carbonyl (C=O) groups excluding carboxylic acids is 4. The first-order valence-corrected chi connectivity index (χ1v) is 7.91. The number of carboxylic acids is 1. The van der Waals surface area contributed by atoms with Gasteiger partial charge in [-0.3, -0.25) is 14.4 Å². The Kier molecular flexibility index (Phi) is 5.55. The summed E-state index contributed by atoms with van der Waals surface area (Å²) in [6, 6.07) is -1.85. The van der Waals surface area contributed by atoms with E-state index in [0.717, 1.165) is 13.8 Å². The molecule has 24 heavy (non-hydrogen) atoms. The zero-order valence-electron chi connectivity index (χ0n) is 13.1. The molecule has 0 aromatic rings. The third kappa shape index (κ3) is 2.75. The van der Waals surface area contributed by atoms with Gasteiger partial charge in [-0.15, -0.1) is 0 Å². The summed E-state index contributed by atoms with van der Waals surface area (Å²) in [5, 5.41) is 9.76. The van der Waals surface area contributed by atoms with Crippen LogP contribution in [0, 0.1) is 0 Å². The van der Waals surface area contributed by atoms with Crippen LogP contribution in [0.2, 0.25) is 0 Å². The quantitative estimate of drug-likeness (QED) is 0.221. The standard InChI is InChI=1S/C12H14N2O8S.Na/c1-5(15)22-4-12(2)8(11(18)19)14-9(17)6(3-7(13)16)10(14)23(12,20)21;/h3,8,10H,4H2,1-2H3,(H2,13,16)(H,18,19);/q;+1/p-1/b6-3-;/t8-,10?,12-;/m0./s1. The average Bonchev–Trinajstić information content (AvgIpc) is 2.57. The largest absolute Gasteiger partial charge is 1.00 e. The molecule has 0 aromatic carbocycles. The van der Waals surface area contributed by atoms with Gasteiger partial charge in [0.25, 0.3) is 5.91 Å². The van der Waals surface area contributed by atoms with Crippen molar-refractivity contribution in [2.75, 3.05) is 6.61 Å². The first-order chi connectivity index (χ1) is 10.4. The summed E-state index contributed by atoms with van der Waals surface area (Å²) in [4.78, 5) is 45.8. The molecule has 0 aromatic heterocycles. The number of ether oxygens (including phenoxy) is 1. The molecule has 0 radical (unpaired) electrons. The van der Waals surface area contributed by atoms with E-state index >= 15 is 0 Å². The molecule has 2 amide bonds. The molecule has 2 saturated heterocycles. The number of rotatable bonds is 4. The number of amides is 2. The van der Waals surface area contributed by atoms with Crippen LogP contribution in [0.15, 0.2) is 11.6 Å². The van der Waals surface area contributed by atoms with E-state index in [-0.39, 0.29) is 29.6 Å². The number of carboxylic acid groups (broad SMARTS) is 1. The van der Waals surface area contributed by atoms with Crippen molar-refractivity contribution in [3.63, 3.8) is 0 Å². The number of β-lactam (4-membered cyclic amide) rings is 1. The minimum Gasteiger partial charge on any atom is -0.548 e. The van der Waals surface area contributed by atoms with Crippen molar-refractivity contribution < 1.29 is 67.0 Å². The van der Waals surface area contributed by atoms with Crippen LogP contribution in [-0.2, 0) is 33.8 Å². The van der Waals surface area contributed by atoms with Crippen molar-refractivity contribution in [1.82, 2.24) is 4.90 Å². The number of aliphatic carboxylic acids is 1. The number of nitrogens with zero attached hydrogens (tertiary/aromatic N) is 1. The van der Waals surface area contributed by atoms with Gasteiger partial charge in [0.2, 0.25) is 5.91 Å².